The van der Waals surface area contributed by atoms with Crippen LogP contribution in [0.15, 0.2) is 54.6 Å². The molecule has 0 radical (unpaired) electrons. The molecular formula is C20H24N2O2. The van der Waals surface area contributed by atoms with Gasteiger partial charge in [-0.05, 0) is 37.0 Å². The second-order valence-electron chi connectivity index (χ2n) is 6.26. The van der Waals surface area contributed by atoms with Gasteiger partial charge in [-0.15, -0.1) is 0 Å². The largest absolute Gasteiger partial charge is 0.445 e. The predicted octanol–water partition coefficient (Wildman–Crippen LogP) is 4.21. The average Bonchev–Trinajstić information content (AvgIpc) is 2.63. The van der Waals surface area contributed by atoms with Crippen molar-refractivity contribution in [3.05, 3.63) is 65.7 Å². The minimum atomic E-state index is -0.215. The Balaban J connectivity index is 1.44. The van der Waals surface area contributed by atoms with Gasteiger partial charge in [0.2, 0.25) is 0 Å². The Morgan fingerprint density at radius 3 is 2.46 bits per heavy atom. The number of ether oxygens (including phenoxy) is 1. The highest BCUT2D eigenvalue weighted by Gasteiger charge is 2.23. The van der Waals surface area contributed by atoms with Crippen molar-refractivity contribution in [3.8, 4) is 0 Å². The van der Waals surface area contributed by atoms with E-state index in [0.29, 0.717) is 12.6 Å². The number of likely N-dealkylation sites (tertiary alicyclic amines) is 1. The summed E-state index contributed by atoms with van der Waals surface area (Å²) in [5.74, 6) is 0. The maximum absolute atomic E-state index is 12.2. The van der Waals surface area contributed by atoms with Crippen molar-refractivity contribution < 1.29 is 9.53 Å². The third-order valence-corrected chi connectivity index (χ3v) is 4.46. The van der Waals surface area contributed by atoms with Crippen LogP contribution in [-0.2, 0) is 11.3 Å². The number of hydrogen-bond acceptors (Lipinski definition) is 3. The molecule has 0 atom stereocenters. The summed E-state index contributed by atoms with van der Waals surface area (Å²) in [6, 6.07) is 18.5. The van der Waals surface area contributed by atoms with Gasteiger partial charge in [-0.25, -0.2) is 4.79 Å². The molecule has 2 aromatic carbocycles. The van der Waals surface area contributed by atoms with Gasteiger partial charge in [0.05, 0.1) is 0 Å². The molecule has 0 bridgehead atoms. The monoisotopic (exact) mass is 324 g/mol. The number of benzene rings is 2. The Kier molecular flexibility index (Phi) is 5.36. The predicted molar refractivity (Wildman–Crippen MR) is 96.0 cm³/mol. The summed E-state index contributed by atoms with van der Waals surface area (Å²) in [4.78, 5) is 14.0. The molecule has 0 aromatic heterocycles. The first kappa shape index (κ1) is 16.4. The van der Waals surface area contributed by atoms with Crippen molar-refractivity contribution in [2.75, 3.05) is 18.4 Å². The minimum Gasteiger partial charge on any atom is -0.445 e. The van der Waals surface area contributed by atoms with Crippen LogP contribution in [0.4, 0.5) is 10.5 Å². The summed E-state index contributed by atoms with van der Waals surface area (Å²) in [6.45, 7) is 3.91. The van der Waals surface area contributed by atoms with Crippen LogP contribution in [0.1, 0.15) is 24.0 Å². The summed E-state index contributed by atoms with van der Waals surface area (Å²) < 4.78 is 5.41. The molecule has 2 aromatic rings. The van der Waals surface area contributed by atoms with E-state index < -0.39 is 0 Å². The minimum absolute atomic E-state index is 0.215. The number of rotatable bonds is 4. The SMILES string of the molecule is Cc1ccccc1NC1CCN(C(=O)OCc2ccccc2)CC1. The second-order valence-corrected chi connectivity index (χ2v) is 6.26. The number of amides is 1. The fraction of sp³-hybridized carbons (Fsp3) is 0.350. The molecule has 0 unspecified atom stereocenters. The van der Waals surface area contributed by atoms with Crippen LogP contribution in [0.5, 0.6) is 0 Å². The molecule has 3 rings (SSSR count). The van der Waals surface area contributed by atoms with Gasteiger partial charge >= 0.3 is 6.09 Å². The number of nitrogens with zero attached hydrogens (tertiary/aromatic N) is 1. The first-order valence-electron chi connectivity index (χ1n) is 8.50. The topological polar surface area (TPSA) is 41.6 Å². The van der Waals surface area contributed by atoms with Crippen molar-refractivity contribution in [2.45, 2.75) is 32.4 Å². The van der Waals surface area contributed by atoms with E-state index in [4.69, 9.17) is 4.74 Å². The zero-order valence-corrected chi connectivity index (χ0v) is 14.1. The quantitative estimate of drug-likeness (QED) is 0.916. The molecule has 1 amide bonds. The van der Waals surface area contributed by atoms with Crippen molar-refractivity contribution >= 4 is 11.8 Å². The van der Waals surface area contributed by atoms with Crippen LogP contribution >= 0.6 is 0 Å². The maximum atomic E-state index is 12.2. The highest BCUT2D eigenvalue weighted by Crippen LogP contribution is 2.20. The third-order valence-electron chi connectivity index (χ3n) is 4.46. The number of para-hydroxylation sites is 1. The molecule has 126 valence electrons. The Bertz CT molecular complexity index is 664. The van der Waals surface area contributed by atoms with Gasteiger partial charge < -0.3 is 15.0 Å². The number of carbonyl (C=O) groups is 1. The highest BCUT2D eigenvalue weighted by molar-refractivity contribution is 5.67. The molecule has 0 spiro atoms. The smallest absolute Gasteiger partial charge is 0.410 e. The van der Waals surface area contributed by atoms with E-state index in [0.717, 1.165) is 31.5 Å². The Labute approximate surface area is 143 Å². The Hall–Kier alpha value is -2.49. The van der Waals surface area contributed by atoms with E-state index in [2.05, 4.69) is 24.4 Å². The van der Waals surface area contributed by atoms with Gasteiger partial charge in [-0.2, -0.15) is 0 Å². The number of piperidine rings is 1. The van der Waals surface area contributed by atoms with E-state index in [1.807, 2.05) is 42.5 Å². The van der Waals surface area contributed by atoms with Crippen molar-refractivity contribution in [2.24, 2.45) is 0 Å². The van der Waals surface area contributed by atoms with Crippen molar-refractivity contribution in [3.63, 3.8) is 0 Å². The number of carbonyl (C=O) groups excluding carboxylic acids is 1. The lowest BCUT2D eigenvalue weighted by molar-refractivity contribution is 0.0882. The van der Waals surface area contributed by atoms with Crippen molar-refractivity contribution in [1.29, 1.82) is 0 Å². The van der Waals surface area contributed by atoms with Gasteiger partial charge in [0.1, 0.15) is 6.61 Å². The highest BCUT2D eigenvalue weighted by atomic mass is 16.6. The van der Waals surface area contributed by atoms with Crippen LogP contribution < -0.4 is 5.32 Å². The zero-order valence-electron chi connectivity index (χ0n) is 14.1. The van der Waals surface area contributed by atoms with Gasteiger partial charge in [0, 0.05) is 24.8 Å². The molecule has 1 N–H and O–H groups in total. The van der Waals surface area contributed by atoms with Crippen molar-refractivity contribution in [1.82, 2.24) is 4.90 Å². The van der Waals surface area contributed by atoms with Crippen LogP contribution in [0.2, 0.25) is 0 Å². The Morgan fingerprint density at radius 1 is 1.08 bits per heavy atom. The average molecular weight is 324 g/mol. The molecule has 0 saturated carbocycles. The molecule has 0 aliphatic carbocycles. The molecule has 1 fully saturated rings. The first-order chi connectivity index (χ1) is 11.7. The molecule has 1 heterocycles. The zero-order chi connectivity index (χ0) is 16.8. The van der Waals surface area contributed by atoms with Gasteiger partial charge in [0.15, 0.2) is 0 Å². The van der Waals surface area contributed by atoms with E-state index in [9.17, 15) is 4.79 Å². The third kappa shape index (κ3) is 4.28. The lowest BCUT2D eigenvalue weighted by Gasteiger charge is -2.32. The summed E-state index contributed by atoms with van der Waals surface area (Å²) in [7, 11) is 0. The molecular weight excluding hydrogens is 300 g/mol. The standard InChI is InChI=1S/C20H24N2O2/c1-16-7-5-6-10-19(16)21-18-11-13-22(14-12-18)20(23)24-15-17-8-3-2-4-9-17/h2-10,18,21H,11-15H2,1H3. The summed E-state index contributed by atoms with van der Waals surface area (Å²) in [5, 5.41) is 3.59. The van der Waals surface area contributed by atoms with E-state index in [1.54, 1.807) is 4.90 Å². The molecule has 24 heavy (non-hydrogen) atoms. The van der Waals surface area contributed by atoms with Gasteiger partial charge in [-0.1, -0.05) is 48.5 Å². The van der Waals surface area contributed by atoms with Crippen LogP contribution in [-0.4, -0.2) is 30.1 Å². The number of hydrogen-bond donors (Lipinski definition) is 1. The lowest BCUT2D eigenvalue weighted by Crippen LogP contribution is -2.42. The van der Waals surface area contributed by atoms with Crippen LogP contribution in [0.3, 0.4) is 0 Å². The Morgan fingerprint density at radius 2 is 1.75 bits per heavy atom. The summed E-state index contributed by atoms with van der Waals surface area (Å²) in [6.07, 6.45) is 1.66. The van der Waals surface area contributed by atoms with E-state index in [1.165, 1.54) is 11.3 Å². The molecule has 1 aliphatic heterocycles. The molecule has 4 nitrogen and oxygen atoms in total. The van der Waals surface area contributed by atoms with Gasteiger partial charge in [-0.3, -0.25) is 0 Å². The summed E-state index contributed by atoms with van der Waals surface area (Å²) >= 11 is 0. The number of aryl methyl sites for hydroxylation is 1. The molecule has 1 aliphatic rings. The molecule has 1 saturated heterocycles. The second kappa shape index (κ2) is 7.86. The normalized spacial score (nSPS) is 15.1. The fourth-order valence-electron chi connectivity index (χ4n) is 2.97. The van der Waals surface area contributed by atoms with Crippen LogP contribution in [0.25, 0.3) is 0 Å². The fourth-order valence-corrected chi connectivity index (χ4v) is 2.97. The number of nitrogens with one attached hydrogen (secondary N) is 1. The first-order valence-corrected chi connectivity index (χ1v) is 8.50. The lowest BCUT2D eigenvalue weighted by atomic mass is 10.0. The van der Waals surface area contributed by atoms with Gasteiger partial charge in [0.25, 0.3) is 0 Å². The maximum Gasteiger partial charge on any atom is 0.410 e. The van der Waals surface area contributed by atoms with Crippen LogP contribution in [0, 0.1) is 6.92 Å². The van der Waals surface area contributed by atoms with E-state index in [-0.39, 0.29) is 6.09 Å². The summed E-state index contributed by atoms with van der Waals surface area (Å²) in [5.41, 5.74) is 3.45. The molecule has 4 heteroatoms. The van der Waals surface area contributed by atoms with E-state index >= 15 is 0 Å². The number of anilines is 1.